The Morgan fingerprint density at radius 3 is 2.69 bits per heavy atom. The van der Waals surface area contributed by atoms with Crippen molar-refractivity contribution < 1.29 is 9.90 Å². The van der Waals surface area contributed by atoms with Crippen LogP contribution in [0.25, 0.3) is 0 Å². The molecule has 1 aromatic rings. The fourth-order valence-corrected chi connectivity index (χ4v) is 3.57. The van der Waals surface area contributed by atoms with E-state index in [4.69, 9.17) is 4.99 Å². The first-order valence-corrected chi connectivity index (χ1v) is 11.0. The third kappa shape index (κ3) is 8.44. The van der Waals surface area contributed by atoms with Gasteiger partial charge < -0.3 is 21.1 Å². The molecular formula is C23H38N4O2. The summed E-state index contributed by atoms with van der Waals surface area (Å²) in [7, 11) is 0. The number of aliphatic imine (C=N–C) groups is 1. The number of anilines is 1. The summed E-state index contributed by atoms with van der Waals surface area (Å²) in [5, 5.41) is 19.0. The van der Waals surface area contributed by atoms with E-state index in [-0.39, 0.29) is 18.4 Å². The Balaban J connectivity index is 1.92. The molecule has 2 rings (SSSR count). The standard InChI is InChI=1S/C23H38N4O2/c1-4-24-23(26-16-19(11-12-28)13-17(2)3)25-15-18-7-5-10-21(14-18)27-22(29)20-8-6-9-20/h5,7,10,14,17,19-20,28H,4,6,8-9,11-13,15-16H2,1-3H3,(H,27,29)(H2,24,25,26). The predicted octanol–water partition coefficient (Wildman–Crippen LogP) is 3.53. The van der Waals surface area contributed by atoms with Crippen LogP contribution in [0.4, 0.5) is 5.69 Å². The summed E-state index contributed by atoms with van der Waals surface area (Å²) in [4.78, 5) is 16.9. The van der Waals surface area contributed by atoms with E-state index in [1.54, 1.807) is 0 Å². The zero-order chi connectivity index (χ0) is 21.1. The van der Waals surface area contributed by atoms with Gasteiger partial charge in [0.15, 0.2) is 5.96 Å². The number of amides is 1. The van der Waals surface area contributed by atoms with E-state index in [1.807, 2.05) is 31.2 Å². The van der Waals surface area contributed by atoms with Crippen LogP contribution < -0.4 is 16.0 Å². The molecule has 1 aromatic carbocycles. The Morgan fingerprint density at radius 2 is 2.07 bits per heavy atom. The lowest BCUT2D eigenvalue weighted by molar-refractivity contribution is -0.122. The number of hydrogen-bond acceptors (Lipinski definition) is 3. The molecule has 6 nitrogen and oxygen atoms in total. The van der Waals surface area contributed by atoms with Crippen molar-refractivity contribution in [3.05, 3.63) is 29.8 Å². The molecule has 1 fully saturated rings. The van der Waals surface area contributed by atoms with Gasteiger partial charge >= 0.3 is 0 Å². The van der Waals surface area contributed by atoms with E-state index in [0.29, 0.717) is 18.4 Å². The Kier molecular flexibility index (Phi) is 9.98. The number of aliphatic hydroxyl groups excluding tert-OH is 1. The van der Waals surface area contributed by atoms with Crippen LogP contribution in [0.15, 0.2) is 29.3 Å². The van der Waals surface area contributed by atoms with Crippen LogP contribution in [0.5, 0.6) is 0 Å². The van der Waals surface area contributed by atoms with Crippen molar-refractivity contribution in [3.8, 4) is 0 Å². The number of carbonyl (C=O) groups is 1. The lowest BCUT2D eigenvalue weighted by Crippen LogP contribution is -2.40. The van der Waals surface area contributed by atoms with Crippen LogP contribution in [0, 0.1) is 17.8 Å². The van der Waals surface area contributed by atoms with Crippen LogP contribution in [0.1, 0.15) is 58.4 Å². The van der Waals surface area contributed by atoms with Gasteiger partial charge in [-0.1, -0.05) is 32.4 Å². The minimum absolute atomic E-state index is 0.131. The fourth-order valence-electron chi connectivity index (χ4n) is 3.57. The number of benzene rings is 1. The van der Waals surface area contributed by atoms with Crippen molar-refractivity contribution in [2.75, 3.05) is 25.0 Å². The first-order valence-electron chi connectivity index (χ1n) is 11.0. The Hall–Kier alpha value is -2.08. The number of aliphatic hydroxyl groups is 1. The monoisotopic (exact) mass is 402 g/mol. The van der Waals surface area contributed by atoms with E-state index in [0.717, 1.165) is 62.4 Å². The summed E-state index contributed by atoms with van der Waals surface area (Å²) in [6, 6.07) is 7.91. The second-order valence-corrected chi connectivity index (χ2v) is 8.40. The van der Waals surface area contributed by atoms with Crippen LogP contribution in [0.2, 0.25) is 0 Å². The highest BCUT2D eigenvalue weighted by atomic mass is 16.3. The normalized spacial score (nSPS) is 15.7. The van der Waals surface area contributed by atoms with Crippen LogP contribution in [-0.4, -0.2) is 36.7 Å². The molecule has 0 aliphatic heterocycles. The summed E-state index contributed by atoms with van der Waals surface area (Å²) in [6.45, 7) is 8.80. The molecule has 6 heteroatoms. The largest absolute Gasteiger partial charge is 0.396 e. The first-order chi connectivity index (χ1) is 14.0. The third-order valence-corrected chi connectivity index (χ3v) is 5.33. The minimum atomic E-state index is 0.131. The Morgan fingerprint density at radius 1 is 1.28 bits per heavy atom. The second kappa shape index (κ2) is 12.5. The molecule has 1 aliphatic carbocycles. The molecule has 29 heavy (non-hydrogen) atoms. The van der Waals surface area contributed by atoms with Gasteiger partial charge in [-0.3, -0.25) is 4.79 Å². The van der Waals surface area contributed by atoms with E-state index in [9.17, 15) is 9.90 Å². The lowest BCUT2D eigenvalue weighted by atomic mass is 9.85. The summed E-state index contributed by atoms with van der Waals surface area (Å²) in [5.74, 6) is 2.12. The van der Waals surface area contributed by atoms with Crippen LogP contribution >= 0.6 is 0 Å². The predicted molar refractivity (Wildman–Crippen MR) is 120 cm³/mol. The molecule has 1 saturated carbocycles. The molecule has 0 spiro atoms. The summed E-state index contributed by atoms with van der Waals surface area (Å²) >= 11 is 0. The van der Waals surface area contributed by atoms with Crippen LogP contribution in [0.3, 0.4) is 0 Å². The number of rotatable bonds is 11. The van der Waals surface area contributed by atoms with Gasteiger partial charge in [-0.15, -0.1) is 0 Å². The highest BCUT2D eigenvalue weighted by Crippen LogP contribution is 2.27. The number of hydrogen-bond donors (Lipinski definition) is 4. The van der Waals surface area contributed by atoms with Crippen molar-refractivity contribution in [2.24, 2.45) is 22.7 Å². The van der Waals surface area contributed by atoms with Gasteiger partial charge in [0.05, 0.1) is 6.54 Å². The van der Waals surface area contributed by atoms with Gasteiger partial charge in [-0.25, -0.2) is 4.99 Å². The summed E-state index contributed by atoms with van der Waals surface area (Å²) in [5.41, 5.74) is 1.90. The highest BCUT2D eigenvalue weighted by molar-refractivity contribution is 5.93. The Labute approximate surface area is 175 Å². The molecular weight excluding hydrogens is 364 g/mol. The number of nitrogens with one attached hydrogen (secondary N) is 3. The number of carbonyl (C=O) groups excluding carboxylic acids is 1. The van der Waals surface area contributed by atoms with Crippen molar-refractivity contribution in [1.29, 1.82) is 0 Å². The quantitative estimate of drug-likeness (QED) is 0.337. The average Bonchev–Trinajstić information content (AvgIpc) is 2.62. The van der Waals surface area contributed by atoms with E-state index in [2.05, 4.69) is 29.8 Å². The molecule has 1 aliphatic rings. The summed E-state index contributed by atoms with van der Waals surface area (Å²) in [6.07, 6.45) is 5.04. The molecule has 162 valence electrons. The van der Waals surface area contributed by atoms with Gasteiger partial charge in [0, 0.05) is 31.3 Å². The van der Waals surface area contributed by atoms with Crippen molar-refractivity contribution in [3.63, 3.8) is 0 Å². The van der Waals surface area contributed by atoms with Gasteiger partial charge in [0.2, 0.25) is 5.91 Å². The van der Waals surface area contributed by atoms with Gasteiger partial charge in [0.25, 0.3) is 0 Å². The van der Waals surface area contributed by atoms with Crippen molar-refractivity contribution in [1.82, 2.24) is 10.6 Å². The lowest BCUT2D eigenvalue weighted by Gasteiger charge is -2.24. The SMILES string of the molecule is CCNC(=NCc1cccc(NC(=O)C2CCC2)c1)NCC(CCO)CC(C)C. The average molecular weight is 403 g/mol. The van der Waals surface area contributed by atoms with E-state index < -0.39 is 0 Å². The van der Waals surface area contributed by atoms with E-state index >= 15 is 0 Å². The molecule has 0 bridgehead atoms. The fraction of sp³-hybridized carbons (Fsp3) is 0.652. The maximum absolute atomic E-state index is 12.2. The van der Waals surface area contributed by atoms with Crippen molar-refractivity contribution in [2.45, 2.75) is 59.4 Å². The zero-order valence-electron chi connectivity index (χ0n) is 18.2. The highest BCUT2D eigenvalue weighted by Gasteiger charge is 2.25. The second-order valence-electron chi connectivity index (χ2n) is 8.40. The molecule has 0 heterocycles. The molecule has 1 atom stereocenters. The first kappa shape index (κ1) is 23.2. The zero-order valence-corrected chi connectivity index (χ0v) is 18.2. The number of nitrogens with zero attached hydrogens (tertiary/aromatic N) is 1. The molecule has 0 radical (unpaired) electrons. The summed E-state index contributed by atoms with van der Waals surface area (Å²) < 4.78 is 0. The minimum Gasteiger partial charge on any atom is -0.396 e. The third-order valence-electron chi connectivity index (χ3n) is 5.33. The topological polar surface area (TPSA) is 85.8 Å². The Bertz CT molecular complexity index is 656. The van der Waals surface area contributed by atoms with Gasteiger partial charge in [0.1, 0.15) is 0 Å². The smallest absolute Gasteiger partial charge is 0.227 e. The molecule has 0 saturated heterocycles. The maximum Gasteiger partial charge on any atom is 0.227 e. The molecule has 4 N–H and O–H groups in total. The van der Waals surface area contributed by atoms with Gasteiger partial charge in [-0.2, -0.15) is 0 Å². The van der Waals surface area contributed by atoms with Crippen LogP contribution in [-0.2, 0) is 11.3 Å². The molecule has 1 unspecified atom stereocenters. The molecule has 1 amide bonds. The van der Waals surface area contributed by atoms with Crippen molar-refractivity contribution >= 4 is 17.6 Å². The maximum atomic E-state index is 12.2. The van der Waals surface area contributed by atoms with Gasteiger partial charge in [-0.05, 0) is 62.1 Å². The number of guanidine groups is 1. The molecule has 0 aromatic heterocycles. The van der Waals surface area contributed by atoms with E-state index in [1.165, 1.54) is 0 Å².